The summed E-state index contributed by atoms with van der Waals surface area (Å²) in [5.74, 6) is 1.74. The van der Waals surface area contributed by atoms with E-state index in [2.05, 4.69) is 65.6 Å². The number of nitrogens with zero attached hydrogens (tertiary/aromatic N) is 2. The van der Waals surface area contributed by atoms with Crippen LogP contribution in [0.5, 0.6) is 0 Å². The van der Waals surface area contributed by atoms with Gasteiger partial charge in [0.1, 0.15) is 18.0 Å². The Labute approximate surface area is 138 Å². The van der Waals surface area contributed by atoms with Crippen LogP contribution < -0.4 is 10.6 Å². The fraction of sp³-hybridized carbons (Fsp3) is 0.474. The van der Waals surface area contributed by atoms with Crippen molar-refractivity contribution >= 4 is 17.3 Å². The molecule has 0 spiro atoms. The molecule has 4 nitrogen and oxygen atoms in total. The Morgan fingerprint density at radius 3 is 2.43 bits per heavy atom. The van der Waals surface area contributed by atoms with E-state index in [1.807, 2.05) is 6.07 Å². The predicted molar refractivity (Wildman–Crippen MR) is 96.3 cm³/mol. The molecule has 3 rings (SSSR count). The molecule has 1 aromatic heterocycles. The second-order valence-corrected chi connectivity index (χ2v) is 7.33. The van der Waals surface area contributed by atoms with Crippen LogP contribution in [0.3, 0.4) is 0 Å². The van der Waals surface area contributed by atoms with Gasteiger partial charge in [-0.1, -0.05) is 51.8 Å². The van der Waals surface area contributed by atoms with Gasteiger partial charge in [-0.3, -0.25) is 0 Å². The first-order valence-electron chi connectivity index (χ1n) is 8.47. The highest BCUT2D eigenvalue weighted by atomic mass is 15.1. The van der Waals surface area contributed by atoms with E-state index in [1.165, 1.54) is 31.2 Å². The monoisotopic (exact) mass is 310 g/mol. The summed E-state index contributed by atoms with van der Waals surface area (Å²) < 4.78 is 0. The summed E-state index contributed by atoms with van der Waals surface area (Å²) in [6.07, 6.45) is 6.72. The van der Waals surface area contributed by atoms with Gasteiger partial charge in [0.05, 0.1) is 0 Å². The Hall–Kier alpha value is -2.10. The normalized spacial score (nSPS) is 15.6. The quantitative estimate of drug-likeness (QED) is 0.845. The van der Waals surface area contributed by atoms with Crippen molar-refractivity contribution in [1.29, 1.82) is 0 Å². The van der Waals surface area contributed by atoms with Gasteiger partial charge in [-0.15, -0.1) is 0 Å². The topological polar surface area (TPSA) is 49.8 Å². The van der Waals surface area contributed by atoms with Crippen LogP contribution in [0.25, 0.3) is 0 Å². The van der Waals surface area contributed by atoms with Crippen molar-refractivity contribution in [2.24, 2.45) is 0 Å². The minimum atomic E-state index is 0.0849. The van der Waals surface area contributed by atoms with Crippen molar-refractivity contribution in [2.75, 3.05) is 10.6 Å². The number of hydrogen-bond acceptors (Lipinski definition) is 4. The van der Waals surface area contributed by atoms with E-state index >= 15 is 0 Å². The summed E-state index contributed by atoms with van der Waals surface area (Å²) in [6.45, 7) is 6.67. The highest BCUT2D eigenvalue weighted by Crippen LogP contribution is 2.31. The predicted octanol–water partition coefficient (Wildman–Crippen LogP) is 4.87. The van der Waals surface area contributed by atoms with Crippen LogP contribution in [0.1, 0.15) is 52.0 Å². The summed E-state index contributed by atoms with van der Waals surface area (Å²) >= 11 is 0. The van der Waals surface area contributed by atoms with Crippen molar-refractivity contribution in [3.05, 3.63) is 42.2 Å². The molecule has 0 radical (unpaired) electrons. The maximum absolute atomic E-state index is 4.37. The van der Waals surface area contributed by atoms with Crippen molar-refractivity contribution in [3.8, 4) is 0 Å². The maximum Gasteiger partial charge on any atom is 0.135 e. The first kappa shape index (κ1) is 15.8. The zero-order chi connectivity index (χ0) is 16.3. The standard InChI is InChI=1S/C19H26N4/c1-19(2,3)15-10-6-7-11-16(15)23-18-12-17(20-13-21-18)22-14-8-4-5-9-14/h6-7,10-14H,4-5,8-9H2,1-3H3,(H2,20,21,22,23). The van der Waals surface area contributed by atoms with Crippen LogP contribution in [0.4, 0.5) is 17.3 Å². The minimum absolute atomic E-state index is 0.0849. The molecule has 0 amide bonds. The molecule has 0 saturated heterocycles. The van der Waals surface area contributed by atoms with Crippen molar-refractivity contribution < 1.29 is 0 Å². The van der Waals surface area contributed by atoms with Crippen LogP contribution in [-0.4, -0.2) is 16.0 Å². The van der Waals surface area contributed by atoms with E-state index < -0.39 is 0 Å². The Balaban J connectivity index is 1.78. The molecule has 1 heterocycles. The summed E-state index contributed by atoms with van der Waals surface area (Å²) in [5, 5.41) is 6.97. The van der Waals surface area contributed by atoms with Crippen molar-refractivity contribution in [1.82, 2.24) is 9.97 Å². The van der Waals surface area contributed by atoms with E-state index in [1.54, 1.807) is 6.33 Å². The van der Waals surface area contributed by atoms with Crippen molar-refractivity contribution in [3.63, 3.8) is 0 Å². The highest BCUT2D eigenvalue weighted by Gasteiger charge is 2.18. The minimum Gasteiger partial charge on any atom is -0.367 e. The zero-order valence-corrected chi connectivity index (χ0v) is 14.3. The molecule has 4 heteroatoms. The van der Waals surface area contributed by atoms with Gasteiger partial charge < -0.3 is 10.6 Å². The number of para-hydroxylation sites is 1. The molecule has 1 aliphatic carbocycles. The van der Waals surface area contributed by atoms with E-state index in [-0.39, 0.29) is 5.41 Å². The lowest BCUT2D eigenvalue weighted by Gasteiger charge is -2.23. The van der Waals surface area contributed by atoms with Gasteiger partial charge in [-0.25, -0.2) is 9.97 Å². The molecular weight excluding hydrogens is 284 g/mol. The fourth-order valence-electron chi connectivity index (χ4n) is 3.17. The Bertz CT molecular complexity index is 654. The molecule has 0 atom stereocenters. The number of anilines is 3. The molecular formula is C19H26N4. The zero-order valence-electron chi connectivity index (χ0n) is 14.3. The van der Waals surface area contributed by atoms with Crippen molar-refractivity contribution in [2.45, 2.75) is 57.9 Å². The average Bonchev–Trinajstić information content (AvgIpc) is 3.00. The van der Waals surface area contributed by atoms with E-state index in [0.29, 0.717) is 6.04 Å². The molecule has 0 bridgehead atoms. The summed E-state index contributed by atoms with van der Waals surface area (Å²) in [5.41, 5.74) is 2.47. The first-order chi connectivity index (χ1) is 11.0. The molecule has 23 heavy (non-hydrogen) atoms. The first-order valence-corrected chi connectivity index (χ1v) is 8.47. The summed E-state index contributed by atoms with van der Waals surface area (Å²) in [6, 6.07) is 11.0. The van der Waals surface area contributed by atoms with Gasteiger partial charge in [0.2, 0.25) is 0 Å². The Morgan fingerprint density at radius 2 is 1.70 bits per heavy atom. The van der Waals surface area contributed by atoms with Crippen LogP contribution in [0, 0.1) is 0 Å². The highest BCUT2D eigenvalue weighted by molar-refractivity contribution is 5.63. The van der Waals surface area contributed by atoms with Gasteiger partial charge in [-0.05, 0) is 29.9 Å². The third kappa shape index (κ3) is 4.01. The van der Waals surface area contributed by atoms with Gasteiger partial charge in [0.15, 0.2) is 0 Å². The van der Waals surface area contributed by atoms with E-state index in [9.17, 15) is 0 Å². The third-order valence-electron chi connectivity index (χ3n) is 4.37. The second kappa shape index (κ2) is 6.57. The summed E-state index contributed by atoms with van der Waals surface area (Å²) in [7, 11) is 0. The molecule has 2 aromatic rings. The van der Waals surface area contributed by atoms with Gasteiger partial charge in [0, 0.05) is 17.8 Å². The average molecular weight is 310 g/mol. The number of rotatable bonds is 4. The molecule has 1 aliphatic rings. The summed E-state index contributed by atoms with van der Waals surface area (Å²) in [4.78, 5) is 8.72. The molecule has 1 fully saturated rings. The molecule has 2 N–H and O–H groups in total. The molecule has 0 aliphatic heterocycles. The van der Waals surface area contributed by atoms with Gasteiger partial charge in [0.25, 0.3) is 0 Å². The van der Waals surface area contributed by atoms with E-state index in [4.69, 9.17) is 0 Å². The molecule has 0 unspecified atom stereocenters. The number of aromatic nitrogens is 2. The fourth-order valence-corrected chi connectivity index (χ4v) is 3.17. The number of nitrogens with one attached hydrogen (secondary N) is 2. The second-order valence-electron chi connectivity index (χ2n) is 7.33. The SMILES string of the molecule is CC(C)(C)c1ccccc1Nc1cc(NC2CCCC2)ncn1. The lowest BCUT2D eigenvalue weighted by Crippen LogP contribution is -2.16. The van der Waals surface area contributed by atoms with Gasteiger partial charge >= 0.3 is 0 Å². The largest absolute Gasteiger partial charge is 0.367 e. The Kier molecular flexibility index (Phi) is 4.51. The lowest BCUT2D eigenvalue weighted by molar-refractivity contribution is 0.592. The Morgan fingerprint density at radius 1 is 1.00 bits per heavy atom. The number of hydrogen-bond donors (Lipinski definition) is 2. The maximum atomic E-state index is 4.37. The van der Waals surface area contributed by atoms with Crippen LogP contribution in [0.15, 0.2) is 36.7 Å². The van der Waals surface area contributed by atoms with Crippen LogP contribution >= 0.6 is 0 Å². The molecule has 1 aromatic carbocycles. The van der Waals surface area contributed by atoms with E-state index in [0.717, 1.165) is 17.3 Å². The molecule has 1 saturated carbocycles. The third-order valence-corrected chi connectivity index (χ3v) is 4.37. The number of benzene rings is 1. The van der Waals surface area contributed by atoms with Gasteiger partial charge in [-0.2, -0.15) is 0 Å². The van der Waals surface area contributed by atoms with Crippen LogP contribution in [0.2, 0.25) is 0 Å². The van der Waals surface area contributed by atoms with Crippen LogP contribution in [-0.2, 0) is 5.41 Å². The lowest BCUT2D eigenvalue weighted by atomic mass is 9.86. The molecule has 122 valence electrons. The smallest absolute Gasteiger partial charge is 0.135 e.